The van der Waals surface area contributed by atoms with Crippen LogP contribution < -0.4 is 5.32 Å². The van der Waals surface area contributed by atoms with Crippen LogP contribution in [0.2, 0.25) is 0 Å². The highest BCUT2D eigenvalue weighted by molar-refractivity contribution is 5.84. The van der Waals surface area contributed by atoms with E-state index in [1.807, 2.05) is 13.8 Å². The highest BCUT2D eigenvalue weighted by Gasteiger charge is 2.21. The Hall–Kier alpha value is -2.38. The molecule has 0 amide bonds. The molecule has 0 aromatic heterocycles. The smallest absolute Gasteiger partial charge is 0.00682 e. The van der Waals surface area contributed by atoms with Gasteiger partial charge in [0.05, 0.1) is 0 Å². The van der Waals surface area contributed by atoms with E-state index in [9.17, 15) is 0 Å². The van der Waals surface area contributed by atoms with E-state index in [2.05, 4.69) is 92.0 Å². The SMILES string of the molecule is CC.CCC/C(C1=CC=CCC1)=C(\c1ccccc1)c1ccc(C(CC)CCNC2CC2)cc1. The van der Waals surface area contributed by atoms with Crippen LogP contribution >= 0.6 is 0 Å². The highest BCUT2D eigenvalue weighted by Crippen LogP contribution is 2.36. The third kappa shape index (κ3) is 7.31. The molecule has 0 aliphatic heterocycles. The van der Waals surface area contributed by atoms with E-state index in [-0.39, 0.29) is 0 Å². The largest absolute Gasteiger partial charge is 0.314 e. The summed E-state index contributed by atoms with van der Waals surface area (Å²) in [7, 11) is 0. The summed E-state index contributed by atoms with van der Waals surface area (Å²) in [6.07, 6.45) is 16.6. The number of nitrogens with one attached hydrogen (secondary N) is 1. The van der Waals surface area contributed by atoms with Gasteiger partial charge in [-0.1, -0.05) is 107 Å². The molecule has 1 atom stereocenters. The first-order chi connectivity index (χ1) is 16.8. The van der Waals surface area contributed by atoms with Crippen LogP contribution in [0.4, 0.5) is 0 Å². The number of benzene rings is 2. The van der Waals surface area contributed by atoms with Gasteiger partial charge in [-0.3, -0.25) is 0 Å². The number of hydrogen-bond donors (Lipinski definition) is 1. The van der Waals surface area contributed by atoms with E-state index in [0.29, 0.717) is 5.92 Å². The van der Waals surface area contributed by atoms with Crippen LogP contribution in [0.25, 0.3) is 5.57 Å². The summed E-state index contributed by atoms with van der Waals surface area (Å²) in [6, 6.07) is 21.3. The van der Waals surface area contributed by atoms with Crippen molar-refractivity contribution in [1.82, 2.24) is 5.32 Å². The Morgan fingerprint density at radius 3 is 2.24 bits per heavy atom. The fourth-order valence-corrected chi connectivity index (χ4v) is 4.95. The van der Waals surface area contributed by atoms with Gasteiger partial charge in [0.2, 0.25) is 0 Å². The molecule has 4 rings (SSSR count). The molecule has 34 heavy (non-hydrogen) atoms. The Bertz CT molecular complexity index is 942. The van der Waals surface area contributed by atoms with Gasteiger partial charge in [-0.2, -0.15) is 0 Å². The number of allylic oxidation sites excluding steroid dienone is 5. The second-order valence-electron chi connectivity index (χ2n) is 9.37. The second-order valence-corrected chi connectivity index (χ2v) is 9.37. The van der Waals surface area contributed by atoms with Crippen molar-refractivity contribution in [3.8, 4) is 0 Å². The lowest BCUT2D eigenvalue weighted by Gasteiger charge is -2.21. The predicted octanol–water partition coefficient (Wildman–Crippen LogP) is 9.23. The first-order valence-corrected chi connectivity index (χ1v) is 13.8. The summed E-state index contributed by atoms with van der Waals surface area (Å²) in [6.45, 7) is 9.77. The van der Waals surface area contributed by atoms with Crippen molar-refractivity contribution < 1.29 is 0 Å². The first kappa shape index (κ1) is 26.2. The van der Waals surface area contributed by atoms with Gasteiger partial charge in [0, 0.05) is 6.04 Å². The van der Waals surface area contributed by atoms with Gasteiger partial charge in [0.15, 0.2) is 0 Å². The Morgan fingerprint density at radius 1 is 0.941 bits per heavy atom. The Balaban J connectivity index is 0.00000158. The van der Waals surface area contributed by atoms with Gasteiger partial charge in [-0.25, -0.2) is 0 Å². The summed E-state index contributed by atoms with van der Waals surface area (Å²) in [5, 5.41) is 3.69. The lowest BCUT2D eigenvalue weighted by atomic mass is 9.83. The van der Waals surface area contributed by atoms with Crippen molar-refractivity contribution >= 4 is 5.57 Å². The van der Waals surface area contributed by atoms with Crippen molar-refractivity contribution in [3.05, 3.63) is 101 Å². The molecular formula is C33H45N. The maximum Gasteiger partial charge on any atom is 0.00682 e. The molecule has 2 aliphatic rings. The summed E-state index contributed by atoms with van der Waals surface area (Å²) >= 11 is 0. The first-order valence-electron chi connectivity index (χ1n) is 13.8. The highest BCUT2D eigenvalue weighted by atomic mass is 14.9. The molecular weight excluding hydrogens is 410 g/mol. The van der Waals surface area contributed by atoms with E-state index in [4.69, 9.17) is 0 Å². The second kappa shape index (κ2) is 14.1. The lowest BCUT2D eigenvalue weighted by molar-refractivity contribution is 0.553. The average Bonchev–Trinajstić information content (AvgIpc) is 3.74. The summed E-state index contributed by atoms with van der Waals surface area (Å²) in [5.74, 6) is 0.640. The van der Waals surface area contributed by atoms with Crippen LogP contribution in [0, 0.1) is 0 Å². The fourth-order valence-electron chi connectivity index (χ4n) is 4.95. The van der Waals surface area contributed by atoms with Crippen LogP contribution in [0.1, 0.15) is 102 Å². The molecule has 0 saturated heterocycles. The van der Waals surface area contributed by atoms with Gasteiger partial charge in [-0.05, 0) is 90.8 Å². The molecule has 2 aromatic carbocycles. The molecule has 182 valence electrons. The zero-order valence-electron chi connectivity index (χ0n) is 21.9. The van der Waals surface area contributed by atoms with Gasteiger partial charge in [0.1, 0.15) is 0 Å². The molecule has 1 fully saturated rings. The minimum atomic E-state index is 0.640. The topological polar surface area (TPSA) is 12.0 Å². The fraction of sp³-hybridized carbons (Fsp3) is 0.455. The van der Waals surface area contributed by atoms with Crippen LogP contribution in [-0.2, 0) is 0 Å². The number of hydrogen-bond acceptors (Lipinski definition) is 1. The molecule has 0 radical (unpaired) electrons. The standard InChI is InChI=1S/C31H39N.C2H6/c1-3-11-30(26-12-7-5-8-13-26)31(27-14-9-6-10-15-27)28-18-16-25(17-19-28)24(4-2)22-23-32-29-20-21-29;1-2/h5-7,9-10,12,14-19,24,29,32H,3-4,8,11,13,20-23H2,1-2H3;1-2H3/b31-30-;. The molecule has 1 saturated carbocycles. The summed E-state index contributed by atoms with van der Waals surface area (Å²) in [5.41, 5.74) is 8.62. The van der Waals surface area contributed by atoms with Crippen molar-refractivity contribution in [1.29, 1.82) is 0 Å². The van der Waals surface area contributed by atoms with Gasteiger partial charge in [0.25, 0.3) is 0 Å². The van der Waals surface area contributed by atoms with E-state index in [0.717, 1.165) is 38.3 Å². The molecule has 0 heterocycles. The monoisotopic (exact) mass is 455 g/mol. The van der Waals surface area contributed by atoms with E-state index >= 15 is 0 Å². The van der Waals surface area contributed by atoms with Crippen LogP contribution in [0.3, 0.4) is 0 Å². The molecule has 0 bridgehead atoms. The lowest BCUT2D eigenvalue weighted by Crippen LogP contribution is -2.19. The molecule has 1 heteroatoms. The maximum absolute atomic E-state index is 3.69. The molecule has 0 spiro atoms. The van der Waals surface area contributed by atoms with Crippen molar-refractivity contribution in [2.75, 3.05) is 6.54 Å². The van der Waals surface area contributed by atoms with E-state index in [1.54, 1.807) is 0 Å². The van der Waals surface area contributed by atoms with Crippen molar-refractivity contribution in [3.63, 3.8) is 0 Å². The number of rotatable bonds is 11. The molecule has 1 nitrogen and oxygen atoms in total. The van der Waals surface area contributed by atoms with E-state index in [1.165, 1.54) is 59.1 Å². The third-order valence-corrected chi connectivity index (χ3v) is 6.93. The van der Waals surface area contributed by atoms with E-state index < -0.39 is 0 Å². The molecule has 1 N–H and O–H groups in total. The quantitative estimate of drug-likeness (QED) is 0.356. The molecule has 2 aliphatic carbocycles. The third-order valence-electron chi connectivity index (χ3n) is 6.93. The zero-order valence-corrected chi connectivity index (χ0v) is 21.9. The maximum atomic E-state index is 3.69. The zero-order chi connectivity index (χ0) is 24.2. The molecule has 1 unspecified atom stereocenters. The summed E-state index contributed by atoms with van der Waals surface area (Å²) < 4.78 is 0. The van der Waals surface area contributed by atoms with Crippen LogP contribution in [-0.4, -0.2) is 12.6 Å². The minimum absolute atomic E-state index is 0.640. The van der Waals surface area contributed by atoms with Gasteiger partial charge >= 0.3 is 0 Å². The van der Waals surface area contributed by atoms with Gasteiger partial charge < -0.3 is 5.32 Å². The van der Waals surface area contributed by atoms with Crippen LogP contribution in [0.5, 0.6) is 0 Å². The van der Waals surface area contributed by atoms with Crippen molar-refractivity contribution in [2.45, 2.75) is 91.0 Å². The summed E-state index contributed by atoms with van der Waals surface area (Å²) in [4.78, 5) is 0. The minimum Gasteiger partial charge on any atom is -0.314 e. The molecule has 2 aromatic rings. The normalized spacial score (nSPS) is 16.8. The average molecular weight is 456 g/mol. The van der Waals surface area contributed by atoms with Crippen molar-refractivity contribution in [2.24, 2.45) is 0 Å². The van der Waals surface area contributed by atoms with Gasteiger partial charge in [-0.15, -0.1) is 0 Å². The Labute approximate surface area is 209 Å². The Morgan fingerprint density at radius 2 is 1.65 bits per heavy atom. The van der Waals surface area contributed by atoms with Crippen LogP contribution in [0.15, 0.2) is 84.0 Å². The Kier molecular flexibility index (Phi) is 10.9. The predicted molar refractivity (Wildman–Crippen MR) is 150 cm³/mol.